The Morgan fingerprint density at radius 1 is 1.08 bits per heavy atom. The average Bonchev–Trinajstić information content (AvgIpc) is 2.87. The summed E-state index contributed by atoms with van der Waals surface area (Å²) in [5.41, 5.74) is 4.75. The van der Waals surface area contributed by atoms with Crippen LogP contribution in [0.3, 0.4) is 0 Å². The van der Waals surface area contributed by atoms with Gasteiger partial charge in [-0.2, -0.15) is 15.2 Å². The summed E-state index contributed by atoms with van der Waals surface area (Å²) < 4.78 is 47.0. The van der Waals surface area contributed by atoms with Crippen molar-refractivity contribution in [3.63, 3.8) is 0 Å². The van der Waals surface area contributed by atoms with Crippen molar-refractivity contribution in [3.8, 4) is 17.8 Å². The molecule has 2 aromatic rings. The van der Waals surface area contributed by atoms with E-state index in [0.717, 1.165) is 19.2 Å². The molecule has 4 N–H and O–H groups in total. The van der Waals surface area contributed by atoms with E-state index in [4.69, 9.17) is 19.5 Å². The largest absolute Gasteiger partial charge is 0.481 e. The molecule has 198 valence electrons. The van der Waals surface area contributed by atoms with Crippen LogP contribution in [0.4, 0.5) is 16.4 Å². The Morgan fingerprint density at radius 2 is 1.73 bits per heavy atom. The summed E-state index contributed by atoms with van der Waals surface area (Å²) in [4.78, 5) is 43.3. The minimum absolute atomic E-state index is 0.0372. The Kier molecular flexibility index (Phi) is 9.92. The van der Waals surface area contributed by atoms with Crippen molar-refractivity contribution >= 4 is 39.6 Å². The third kappa shape index (κ3) is 8.19. The first-order valence-electron chi connectivity index (χ1n) is 10.1. The number of esters is 2. The summed E-state index contributed by atoms with van der Waals surface area (Å²) in [6.45, 7) is 1.01. The topological polar surface area (TPSA) is 220 Å². The van der Waals surface area contributed by atoms with Gasteiger partial charge in [-0.3, -0.25) is 10.1 Å². The highest BCUT2D eigenvalue weighted by Crippen LogP contribution is 2.22. The number of carbonyl (C=O) groups excluding carboxylic acids is 3. The number of rotatable bonds is 11. The first kappa shape index (κ1) is 28.5. The lowest BCUT2D eigenvalue weighted by molar-refractivity contribution is -0.144. The zero-order valence-corrected chi connectivity index (χ0v) is 20.8. The fourth-order valence-corrected chi connectivity index (χ4v) is 3.69. The molecular weight excluding hydrogens is 514 g/mol. The number of methoxy groups -OCH3 is 3. The number of ether oxygens (including phenoxy) is 4. The van der Waals surface area contributed by atoms with E-state index >= 15 is 0 Å². The highest BCUT2D eigenvalue weighted by atomic mass is 32.2. The fraction of sp³-hybridized carbons (Fsp3) is 0.300. The first-order chi connectivity index (χ1) is 17.5. The van der Waals surface area contributed by atoms with Gasteiger partial charge in [0.05, 0.1) is 38.6 Å². The Morgan fingerprint density at radius 3 is 2.30 bits per heavy atom. The van der Waals surface area contributed by atoms with Crippen LogP contribution in [-0.2, 0) is 24.3 Å². The number of anilines is 2. The lowest BCUT2D eigenvalue weighted by atomic mass is 10.2. The molecule has 1 aromatic carbocycles. The molecule has 0 bridgehead atoms. The Hall–Kier alpha value is -4.69. The Balaban J connectivity index is 2.23. The second kappa shape index (κ2) is 12.9. The quantitative estimate of drug-likeness (QED) is 0.222. The summed E-state index contributed by atoms with van der Waals surface area (Å²) in [5.74, 6) is -2.00. The standard InChI is InChI=1S/C20H23N7O9S/c1-11(9-21)36-17(28)10-22-26-12-5-6-13(18(29)35-4)14(7-12)37(31,32)27-20(30)25-19-23-15(33-2)8-16(24-19)34-3/h5-8,11,22,26H,10H2,1-4H3,(H2,23,24,25,27,30). The number of nitrogens with one attached hydrogen (secondary N) is 4. The SMILES string of the molecule is COC(=O)c1ccc(NNCC(=O)OC(C)C#N)cc1S(=O)(=O)NC(=O)Nc1nc(OC)cc(OC)n1. The van der Waals surface area contributed by atoms with Gasteiger partial charge in [0.25, 0.3) is 10.0 Å². The van der Waals surface area contributed by atoms with Gasteiger partial charge in [0.15, 0.2) is 6.10 Å². The smallest absolute Gasteiger partial charge is 0.339 e. The minimum atomic E-state index is -4.66. The fourth-order valence-electron chi connectivity index (χ4n) is 2.56. The van der Waals surface area contributed by atoms with Crippen molar-refractivity contribution in [2.24, 2.45) is 0 Å². The van der Waals surface area contributed by atoms with Crippen LogP contribution in [0.5, 0.6) is 11.8 Å². The normalized spacial score (nSPS) is 11.3. The third-order valence-electron chi connectivity index (χ3n) is 4.18. The molecule has 16 nitrogen and oxygen atoms in total. The number of nitrogens with zero attached hydrogens (tertiary/aromatic N) is 3. The molecule has 1 aromatic heterocycles. The molecule has 2 amide bonds. The van der Waals surface area contributed by atoms with Crippen molar-refractivity contribution in [3.05, 3.63) is 29.8 Å². The minimum Gasteiger partial charge on any atom is -0.481 e. The number of hydrazine groups is 1. The maximum Gasteiger partial charge on any atom is 0.339 e. The van der Waals surface area contributed by atoms with Gasteiger partial charge in [0, 0.05) is 0 Å². The lowest BCUT2D eigenvalue weighted by Crippen LogP contribution is -2.36. The summed E-state index contributed by atoms with van der Waals surface area (Å²) >= 11 is 0. The van der Waals surface area contributed by atoms with E-state index in [-0.39, 0.29) is 35.5 Å². The monoisotopic (exact) mass is 537 g/mol. The van der Waals surface area contributed by atoms with Crippen molar-refractivity contribution in [1.82, 2.24) is 20.1 Å². The van der Waals surface area contributed by atoms with E-state index in [0.29, 0.717) is 0 Å². The molecule has 0 radical (unpaired) electrons. The molecule has 1 heterocycles. The molecule has 0 saturated carbocycles. The predicted octanol–water partition coefficient (Wildman–Crippen LogP) is 0.163. The molecule has 0 saturated heterocycles. The van der Waals surface area contributed by atoms with Gasteiger partial charge in [-0.05, 0) is 25.1 Å². The van der Waals surface area contributed by atoms with Gasteiger partial charge in [0.2, 0.25) is 17.7 Å². The van der Waals surface area contributed by atoms with Crippen LogP contribution in [0, 0.1) is 11.3 Å². The number of nitriles is 1. The maximum absolute atomic E-state index is 13.0. The number of hydrogen-bond acceptors (Lipinski definition) is 14. The van der Waals surface area contributed by atoms with E-state index < -0.39 is 39.0 Å². The molecule has 0 aliphatic carbocycles. The Labute approximate surface area is 211 Å². The van der Waals surface area contributed by atoms with Crippen LogP contribution < -0.4 is 30.4 Å². The number of carbonyl (C=O) groups is 3. The first-order valence-corrected chi connectivity index (χ1v) is 11.6. The van der Waals surface area contributed by atoms with Crippen LogP contribution >= 0.6 is 0 Å². The molecule has 1 unspecified atom stereocenters. The number of sulfonamides is 1. The van der Waals surface area contributed by atoms with Crippen LogP contribution in [0.2, 0.25) is 0 Å². The van der Waals surface area contributed by atoms with Crippen LogP contribution in [0.25, 0.3) is 0 Å². The Bertz CT molecular complexity index is 1290. The van der Waals surface area contributed by atoms with E-state index in [1.54, 1.807) is 10.8 Å². The molecular formula is C20H23N7O9S. The van der Waals surface area contributed by atoms with Crippen LogP contribution in [0.1, 0.15) is 17.3 Å². The lowest BCUT2D eigenvalue weighted by Gasteiger charge is -2.14. The van der Waals surface area contributed by atoms with E-state index in [9.17, 15) is 22.8 Å². The molecule has 2 rings (SSSR count). The van der Waals surface area contributed by atoms with Crippen molar-refractivity contribution in [2.45, 2.75) is 17.9 Å². The molecule has 0 aliphatic heterocycles. The molecule has 17 heteroatoms. The van der Waals surface area contributed by atoms with Crippen LogP contribution in [-0.4, -0.2) is 70.3 Å². The number of aromatic nitrogens is 2. The number of benzene rings is 1. The summed E-state index contributed by atoms with van der Waals surface area (Å²) in [6.07, 6.45) is -0.953. The maximum atomic E-state index is 13.0. The molecule has 0 fully saturated rings. The van der Waals surface area contributed by atoms with Crippen molar-refractivity contribution in [2.75, 3.05) is 38.6 Å². The average molecular weight is 538 g/mol. The van der Waals surface area contributed by atoms with E-state index in [1.165, 1.54) is 33.3 Å². The number of hydrogen-bond donors (Lipinski definition) is 4. The van der Waals surface area contributed by atoms with Gasteiger partial charge < -0.3 is 24.4 Å². The summed E-state index contributed by atoms with van der Waals surface area (Å²) in [6, 6.07) is 5.28. The number of amides is 2. The highest BCUT2D eigenvalue weighted by Gasteiger charge is 2.26. The van der Waals surface area contributed by atoms with E-state index in [2.05, 4.69) is 30.9 Å². The second-order valence-corrected chi connectivity index (χ2v) is 8.43. The van der Waals surface area contributed by atoms with Gasteiger partial charge in [-0.1, -0.05) is 0 Å². The van der Waals surface area contributed by atoms with Crippen molar-refractivity contribution < 1.29 is 41.7 Å². The summed E-state index contributed by atoms with van der Waals surface area (Å²) in [7, 11) is -0.976. The van der Waals surface area contributed by atoms with Gasteiger partial charge in [-0.25, -0.2) is 28.2 Å². The molecule has 37 heavy (non-hydrogen) atoms. The summed E-state index contributed by atoms with van der Waals surface area (Å²) in [5, 5.41) is 10.8. The zero-order valence-electron chi connectivity index (χ0n) is 20.0. The molecule has 0 aliphatic rings. The van der Waals surface area contributed by atoms with Gasteiger partial charge in [-0.15, -0.1) is 0 Å². The molecule has 1 atom stereocenters. The van der Waals surface area contributed by atoms with Crippen molar-refractivity contribution in [1.29, 1.82) is 5.26 Å². The van der Waals surface area contributed by atoms with Gasteiger partial charge >= 0.3 is 18.0 Å². The predicted molar refractivity (Wildman–Crippen MR) is 125 cm³/mol. The van der Waals surface area contributed by atoms with Gasteiger partial charge in [0.1, 0.15) is 17.5 Å². The van der Waals surface area contributed by atoms with Crippen LogP contribution in [0.15, 0.2) is 29.2 Å². The molecule has 0 spiro atoms. The van der Waals surface area contributed by atoms with E-state index in [1.807, 2.05) is 0 Å². The number of urea groups is 1. The second-order valence-electron chi connectivity index (χ2n) is 6.78. The zero-order chi connectivity index (χ0) is 27.6. The third-order valence-corrected chi connectivity index (χ3v) is 5.55. The highest BCUT2D eigenvalue weighted by molar-refractivity contribution is 7.90.